The molecule has 1 aromatic carbocycles. The van der Waals surface area contributed by atoms with Crippen molar-refractivity contribution < 1.29 is 9.53 Å². The van der Waals surface area contributed by atoms with E-state index in [0.29, 0.717) is 22.4 Å². The third-order valence-corrected chi connectivity index (χ3v) is 4.21. The number of hydrogen-bond donors (Lipinski definition) is 0. The maximum absolute atomic E-state index is 12.2. The van der Waals surface area contributed by atoms with Gasteiger partial charge in [-0.25, -0.2) is 0 Å². The predicted octanol–water partition coefficient (Wildman–Crippen LogP) is 3.86. The number of thiocarbonyl (C=S) groups is 1. The number of carbonyl (C=O) groups excluding carboxylic acids is 1. The number of ether oxygens (including phenoxy) is 1. The molecule has 1 heterocycles. The molecule has 0 aliphatic carbocycles. The van der Waals surface area contributed by atoms with Crippen LogP contribution < -0.4 is 4.74 Å². The fraction of sp³-hybridized carbons (Fsp3) is 0.250. The zero-order valence-electron chi connectivity index (χ0n) is 11.9. The summed E-state index contributed by atoms with van der Waals surface area (Å²) < 4.78 is 6.11. The lowest BCUT2D eigenvalue weighted by atomic mass is 10.2. The molecule has 0 radical (unpaired) electrons. The Bertz CT molecular complexity index is 578. The lowest BCUT2D eigenvalue weighted by Crippen LogP contribution is -2.27. The highest BCUT2D eigenvalue weighted by Gasteiger charge is 2.30. The van der Waals surface area contributed by atoms with Gasteiger partial charge < -0.3 is 4.74 Å². The van der Waals surface area contributed by atoms with Gasteiger partial charge in [-0.1, -0.05) is 49.1 Å². The smallest absolute Gasteiger partial charge is 0.266 e. The fourth-order valence-electron chi connectivity index (χ4n) is 1.82. The number of benzene rings is 1. The van der Waals surface area contributed by atoms with Crippen molar-refractivity contribution in [1.29, 1.82) is 0 Å². The average molecular weight is 319 g/mol. The molecule has 0 unspecified atom stereocenters. The van der Waals surface area contributed by atoms with Crippen molar-refractivity contribution >= 4 is 40.3 Å². The third kappa shape index (κ3) is 3.95. The lowest BCUT2D eigenvalue weighted by Gasteiger charge is -2.10. The van der Waals surface area contributed by atoms with Crippen molar-refractivity contribution in [3.8, 4) is 5.75 Å². The van der Waals surface area contributed by atoms with Crippen LogP contribution in [0.25, 0.3) is 6.08 Å². The number of nitrogens with zero attached hydrogens (tertiary/aromatic N) is 1. The van der Waals surface area contributed by atoms with Crippen molar-refractivity contribution in [2.45, 2.75) is 13.3 Å². The second-order valence-electron chi connectivity index (χ2n) is 4.50. The van der Waals surface area contributed by atoms with Crippen LogP contribution in [-0.4, -0.2) is 28.3 Å². The van der Waals surface area contributed by atoms with Crippen LogP contribution in [0.4, 0.5) is 0 Å². The summed E-state index contributed by atoms with van der Waals surface area (Å²) in [6.07, 6.45) is 4.51. The molecule has 3 nitrogen and oxygen atoms in total. The zero-order chi connectivity index (χ0) is 15.2. The molecule has 0 atom stereocenters. The molecule has 1 aliphatic heterocycles. The standard InChI is InChI=1S/C16H17NO2S2/c1-3-9-17-15(18)14(21-16(17)20)11-12-5-7-13(8-6-12)19-10-4-2/h3,5-8,11H,1,4,9-10H2,2H3/b14-11+. The Morgan fingerprint density at radius 1 is 1.38 bits per heavy atom. The van der Waals surface area contributed by atoms with Gasteiger partial charge in [-0.05, 0) is 30.2 Å². The van der Waals surface area contributed by atoms with Gasteiger partial charge in [-0.2, -0.15) is 0 Å². The molecular formula is C16H17NO2S2. The summed E-state index contributed by atoms with van der Waals surface area (Å²) >= 11 is 6.53. The Balaban J connectivity index is 2.11. The van der Waals surface area contributed by atoms with Crippen molar-refractivity contribution in [1.82, 2.24) is 4.90 Å². The minimum atomic E-state index is -0.0591. The van der Waals surface area contributed by atoms with E-state index in [9.17, 15) is 4.79 Å². The largest absolute Gasteiger partial charge is 0.494 e. The van der Waals surface area contributed by atoms with Gasteiger partial charge in [-0.15, -0.1) is 6.58 Å². The molecular weight excluding hydrogens is 302 g/mol. The maximum atomic E-state index is 12.2. The van der Waals surface area contributed by atoms with Gasteiger partial charge in [0.25, 0.3) is 5.91 Å². The number of hydrogen-bond acceptors (Lipinski definition) is 4. The van der Waals surface area contributed by atoms with Crippen LogP contribution in [0.2, 0.25) is 0 Å². The van der Waals surface area contributed by atoms with Gasteiger partial charge in [0.05, 0.1) is 11.5 Å². The first-order chi connectivity index (χ1) is 10.2. The third-order valence-electron chi connectivity index (χ3n) is 2.84. The summed E-state index contributed by atoms with van der Waals surface area (Å²) in [7, 11) is 0. The molecule has 1 fully saturated rings. The number of carbonyl (C=O) groups is 1. The highest BCUT2D eigenvalue weighted by atomic mass is 32.2. The molecule has 21 heavy (non-hydrogen) atoms. The summed E-state index contributed by atoms with van der Waals surface area (Å²) in [5.41, 5.74) is 0.956. The van der Waals surface area contributed by atoms with Crippen LogP contribution in [-0.2, 0) is 4.79 Å². The Hall–Kier alpha value is -1.59. The monoisotopic (exact) mass is 319 g/mol. The van der Waals surface area contributed by atoms with Gasteiger partial charge >= 0.3 is 0 Å². The minimum absolute atomic E-state index is 0.0591. The van der Waals surface area contributed by atoms with Crippen LogP contribution in [0, 0.1) is 0 Å². The molecule has 0 N–H and O–H groups in total. The number of amides is 1. The van der Waals surface area contributed by atoms with Crippen LogP contribution in [0.1, 0.15) is 18.9 Å². The minimum Gasteiger partial charge on any atom is -0.494 e. The van der Waals surface area contributed by atoms with Crippen LogP contribution >= 0.6 is 24.0 Å². The maximum Gasteiger partial charge on any atom is 0.266 e. The van der Waals surface area contributed by atoms with Crippen molar-refractivity contribution in [2.24, 2.45) is 0 Å². The molecule has 0 bridgehead atoms. The summed E-state index contributed by atoms with van der Waals surface area (Å²) in [6.45, 7) is 6.87. The molecule has 1 aromatic rings. The van der Waals surface area contributed by atoms with Gasteiger partial charge in [-0.3, -0.25) is 9.69 Å². The fourth-order valence-corrected chi connectivity index (χ4v) is 3.09. The second kappa shape index (κ2) is 7.43. The average Bonchev–Trinajstić information content (AvgIpc) is 2.75. The van der Waals surface area contributed by atoms with Crippen LogP contribution in [0.3, 0.4) is 0 Å². The van der Waals surface area contributed by atoms with E-state index in [0.717, 1.165) is 17.7 Å². The molecule has 0 saturated carbocycles. The lowest BCUT2D eigenvalue weighted by molar-refractivity contribution is -0.121. The Kier molecular flexibility index (Phi) is 5.59. The van der Waals surface area contributed by atoms with E-state index in [4.69, 9.17) is 17.0 Å². The molecule has 0 aromatic heterocycles. The van der Waals surface area contributed by atoms with Crippen molar-refractivity contribution in [3.05, 3.63) is 47.4 Å². The van der Waals surface area contributed by atoms with E-state index in [-0.39, 0.29) is 5.91 Å². The van der Waals surface area contributed by atoms with Gasteiger partial charge in [0.15, 0.2) is 0 Å². The van der Waals surface area contributed by atoms with E-state index in [2.05, 4.69) is 13.5 Å². The van der Waals surface area contributed by atoms with Gasteiger partial charge in [0, 0.05) is 6.54 Å². The predicted molar refractivity (Wildman–Crippen MR) is 92.3 cm³/mol. The molecule has 110 valence electrons. The van der Waals surface area contributed by atoms with Crippen molar-refractivity contribution in [2.75, 3.05) is 13.2 Å². The van der Waals surface area contributed by atoms with E-state index >= 15 is 0 Å². The summed E-state index contributed by atoms with van der Waals surface area (Å²) in [6, 6.07) is 7.69. The molecule has 1 saturated heterocycles. The number of thioether (sulfide) groups is 1. The normalized spacial score (nSPS) is 16.6. The highest BCUT2D eigenvalue weighted by molar-refractivity contribution is 8.26. The quantitative estimate of drug-likeness (QED) is 0.452. The Labute approximate surface area is 134 Å². The second-order valence-corrected chi connectivity index (χ2v) is 6.17. The summed E-state index contributed by atoms with van der Waals surface area (Å²) in [4.78, 5) is 14.4. The first kappa shape index (κ1) is 15.8. The molecule has 5 heteroatoms. The van der Waals surface area contributed by atoms with Gasteiger partial charge in [0.1, 0.15) is 10.1 Å². The molecule has 0 spiro atoms. The summed E-state index contributed by atoms with van der Waals surface area (Å²) in [5.74, 6) is 0.782. The van der Waals surface area contributed by atoms with E-state index < -0.39 is 0 Å². The van der Waals surface area contributed by atoms with Crippen LogP contribution in [0.15, 0.2) is 41.8 Å². The van der Waals surface area contributed by atoms with Gasteiger partial charge in [0.2, 0.25) is 0 Å². The van der Waals surface area contributed by atoms with E-state index in [1.807, 2.05) is 30.3 Å². The number of rotatable bonds is 6. The van der Waals surface area contributed by atoms with Crippen molar-refractivity contribution in [3.63, 3.8) is 0 Å². The van der Waals surface area contributed by atoms with Crippen LogP contribution in [0.5, 0.6) is 5.75 Å². The first-order valence-corrected chi connectivity index (χ1v) is 7.97. The highest BCUT2D eigenvalue weighted by Crippen LogP contribution is 2.32. The molecule has 1 amide bonds. The zero-order valence-corrected chi connectivity index (χ0v) is 13.5. The van der Waals surface area contributed by atoms with E-state index in [1.165, 1.54) is 11.8 Å². The first-order valence-electron chi connectivity index (χ1n) is 6.75. The Morgan fingerprint density at radius 3 is 2.71 bits per heavy atom. The SMILES string of the molecule is C=CCN1C(=O)/C(=C\c2ccc(OCCC)cc2)SC1=S. The van der Waals surface area contributed by atoms with E-state index in [1.54, 1.807) is 11.0 Å². The Morgan fingerprint density at radius 2 is 2.10 bits per heavy atom. The molecule has 2 rings (SSSR count). The summed E-state index contributed by atoms with van der Waals surface area (Å²) in [5, 5.41) is 0. The molecule has 1 aliphatic rings. The topological polar surface area (TPSA) is 29.5 Å².